The van der Waals surface area contributed by atoms with Crippen molar-refractivity contribution in [1.82, 2.24) is 19.5 Å². The molecule has 6 rings (SSSR count). The highest BCUT2D eigenvalue weighted by Crippen LogP contribution is 2.30. The molecule has 10 nitrogen and oxygen atoms in total. The highest BCUT2D eigenvalue weighted by molar-refractivity contribution is 5.95. The number of fused-ring (bicyclic) bond motifs is 1. The Morgan fingerprint density at radius 3 is 2.52 bits per heavy atom. The number of nitrogens with zero attached hydrogens (tertiary/aromatic N) is 5. The molecule has 0 spiro atoms. The van der Waals surface area contributed by atoms with Crippen molar-refractivity contribution in [2.45, 2.75) is 19.4 Å². The van der Waals surface area contributed by atoms with Crippen LogP contribution in [0, 0.1) is 23.0 Å². The molecule has 0 atom stereocenters. The number of carboxylic acids is 1. The zero-order chi connectivity index (χ0) is 31.2. The fraction of sp³-hybridized carbons (Fsp3) is 0.219. The maximum Gasteiger partial charge on any atom is 0.335 e. The summed E-state index contributed by atoms with van der Waals surface area (Å²) in [6, 6.07) is 15.0. The molecule has 224 valence electrons. The van der Waals surface area contributed by atoms with Gasteiger partial charge in [0, 0.05) is 44.5 Å². The monoisotopic (exact) mass is 599 g/mol. The smallest absolute Gasteiger partial charge is 0.335 e. The molecule has 2 aromatic carbocycles. The second-order valence-electron chi connectivity index (χ2n) is 9.80. The van der Waals surface area contributed by atoms with E-state index >= 15 is 8.78 Å². The Balaban J connectivity index is 0.000000888. The second-order valence-corrected chi connectivity index (χ2v) is 9.80. The van der Waals surface area contributed by atoms with E-state index in [4.69, 9.17) is 19.5 Å². The zero-order valence-electron chi connectivity index (χ0n) is 23.9. The summed E-state index contributed by atoms with van der Waals surface area (Å²) in [6.07, 6.45) is 2.66. The molecule has 0 unspecified atom stereocenters. The standard InChI is InChI=1S/C29H21F2N5O4.C3H6O/c1-36-24-9-18(29(37)38)10-25(39-2)28(24)35-26(36)11-17-8-22(31)20(12-21(17)30)23-4-3-5-27(34-23)40-15-19-7-6-16(13-32)14-33-19;1-2-4-3-1/h3-10,12,14H,11,15H2,1-2H3,(H,37,38);1-3H2. The van der Waals surface area contributed by atoms with Crippen molar-refractivity contribution in [2.75, 3.05) is 20.3 Å². The molecule has 3 aromatic heterocycles. The van der Waals surface area contributed by atoms with E-state index < -0.39 is 17.6 Å². The Morgan fingerprint density at radius 2 is 1.89 bits per heavy atom. The quantitative estimate of drug-likeness (QED) is 0.247. The number of pyridine rings is 2. The number of methoxy groups -OCH3 is 1. The van der Waals surface area contributed by atoms with Crippen LogP contribution in [0.25, 0.3) is 22.3 Å². The number of halogens is 2. The summed E-state index contributed by atoms with van der Waals surface area (Å²) < 4.78 is 47.8. The molecule has 1 N–H and O–H groups in total. The molecule has 0 bridgehead atoms. The molecule has 1 aliphatic heterocycles. The largest absolute Gasteiger partial charge is 0.494 e. The van der Waals surface area contributed by atoms with Crippen molar-refractivity contribution in [3.05, 3.63) is 101 Å². The Hall–Kier alpha value is -5.41. The minimum Gasteiger partial charge on any atom is -0.494 e. The number of ether oxygens (including phenoxy) is 3. The zero-order valence-corrected chi connectivity index (χ0v) is 23.9. The van der Waals surface area contributed by atoms with Gasteiger partial charge in [-0.1, -0.05) is 6.07 Å². The number of hydrogen-bond donors (Lipinski definition) is 1. The highest BCUT2D eigenvalue weighted by atomic mass is 19.1. The molecular formula is C32H27F2N5O5. The van der Waals surface area contributed by atoms with E-state index in [1.807, 2.05) is 6.07 Å². The van der Waals surface area contributed by atoms with Crippen LogP contribution in [-0.2, 0) is 24.8 Å². The Labute approximate surface area is 251 Å². The lowest BCUT2D eigenvalue weighted by Crippen LogP contribution is -2.09. The third-order valence-corrected chi connectivity index (χ3v) is 6.89. The van der Waals surface area contributed by atoms with Gasteiger partial charge in [-0.2, -0.15) is 5.26 Å². The maximum atomic E-state index is 15.2. The molecule has 0 aliphatic carbocycles. The fourth-order valence-electron chi connectivity index (χ4n) is 4.35. The van der Waals surface area contributed by atoms with Gasteiger partial charge < -0.3 is 23.9 Å². The van der Waals surface area contributed by atoms with Gasteiger partial charge >= 0.3 is 5.97 Å². The van der Waals surface area contributed by atoms with Gasteiger partial charge in [-0.05, 0) is 54.4 Å². The number of aryl methyl sites for hydroxylation is 1. The summed E-state index contributed by atoms with van der Waals surface area (Å²) in [5.74, 6) is -1.60. The van der Waals surface area contributed by atoms with E-state index in [1.54, 1.807) is 41.9 Å². The summed E-state index contributed by atoms with van der Waals surface area (Å²) in [7, 11) is 3.07. The summed E-state index contributed by atoms with van der Waals surface area (Å²) in [6.45, 7) is 2.08. The first-order valence-electron chi connectivity index (χ1n) is 13.5. The van der Waals surface area contributed by atoms with Gasteiger partial charge in [0.15, 0.2) is 0 Å². The first-order chi connectivity index (χ1) is 21.3. The molecular weight excluding hydrogens is 572 g/mol. The van der Waals surface area contributed by atoms with Gasteiger partial charge in [0.1, 0.15) is 41.4 Å². The summed E-state index contributed by atoms with van der Waals surface area (Å²) >= 11 is 0. The third-order valence-electron chi connectivity index (χ3n) is 6.89. The molecule has 1 saturated heterocycles. The van der Waals surface area contributed by atoms with Crippen LogP contribution in [0.3, 0.4) is 0 Å². The van der Waals surface area contributed by atoms with Gasteiger partial charge in [0.2, 0.25) is 5.88 Å². The van der Waals surface area contributed by atoms with E-state index in [2.05, 4.69) is 15.0 Å². The van der Waals surface area contributed by atoms with Crippen molar-refractivity contribution in [3.8, 4) is 29.0 Å². The van der Waals surface area contributed by atoms with E-state index in [0.717, 1.165) is 25.3 Å². The number of rotatable bonds is 8. The normalized spacial score (nSPS) is 12.1. The molecule has 0 radical (unpaired) electrons. The van der Waals surface area contributed by atoms with Crippen LogP contribution >= 0.6 is 0 Å². The lowest BCUT2D eigenvalue weighted by atomic mass is 10.0. The van der Waals surface area contributed by atoms with Crippen molar-refractivity contribution < 1.29 is 32.9 Å². The Bertz CT molecular complexity index is 1860. The van der Waals surface area contributed by atoms with Crippen LogP contribution in [0.4, 0.5) is 8.78 Å². The van der Waals surface area contributed by atoms with Crippen LogP contribution in [-0.4, -0.2) is 50.9 Å². The average Bonchev–Trinajstić information content (AvgIpc) is 3.31. The molecule has 0 amide bonds. The minimum absolute atomic E-state index is 0.0207. The van der Waals surface area contributed by atoms with E-state index in [-0.39, 0.29) is 47.0 Å². The Morgan fingerprint density at radius 1 is 1.11 bits per heavy atom. The van der Waals surface area contributed by atoms with Gasteiger partial charge in [0.05, 0.1) is 35.1 Å². The van der Waals surface area contributed by atoms with Gasteiger partial charge in [-0.25, -0.2) is 23.5 Å². The van der Waals surface area contributed by atoms with Crippen LogP contribution < -0.4 is 9.47 Å². The molecule has 4 heterocycles. The van der Waals surface area contributed by atoms with Crippen molar-refractivity contribution in [1.29, 1.82) is 5.26 Å². The van der Waals surface area contributed by atoms with Gasteiger partial charge in [-0.3, -0.25) is 4.98 Å². The first kappa shape index (κ1) is 30.1. The van der Waals surface area contributed by atoms with Gasteiger partial charge in [-0.15, -0.1) is 0 Å². The number of carbonyl (C=O) groups is 1. The van der Waals surface area contributed by atoms with E-state index in [9.17, 15) is 9.90 Å². The minimum atomic E-state index is -1.12. The lowest BCUT2D eigenvalue weighted by molar-refractivity contribution is 0.0367. The van der Waals surface area contributed by atoms with Crippen molar-refractivity contribution in [3.63, 3.8) is 0 Å². The number of aromatic nitrogens is 4. The van der Waals surface area contributed by atoms with E-state index in [1.165, 1.54) is 31.9 Å². The molecule has 12 heteroatoms. The predicted octanol–water partition coefficient (Wildman–Crippen LogP) is 5.46. The fourth-order valence-corrected chi connectivity index (χ4v) is 4.35. The first-order valence-corrected chi connectivity index (χ1v) is 13.5. The maximum absolute atomic E-state index is 15.2. The molecule has 1 aliphatic rings. The predicted molar refractivity (Wildman–Crippen MR) is 155 cm³/mol. The third kappa shape index (κ3) is 6.63. The molecule has 5 aromatic rings. The number of nitriles is 1. The average molecular weight is 600 g/mol. The summed E-state index contributed by atoms with van der Waals surface area (Å²) in [5, 5.41) is 18.3. The van der Waals surface area contributed by atoms with E-state index in [0.29, 0.717) is 28.1 Å². The number of carboxylic acid groups (broad SMARTS) is 1. The second kappa shape index (κ2) is 13.3. The molecule has 1 fully saturated rings. The number of imidazole rings is 1. The highest BCUT2D eigenvalue weighted by Gasteiger charge is 2.19. The van der Waals surface area contributed by atoms with Gasteiger partial charge in [0.25, 0.3) is 0 Å². The van der Waals surface area contributed by atoms with Crippen molar-refractivity contribution >= 4 is 17.0 Å². The van der Waals surface area contributed by atoms with Crippen LogP contribution in [0.15, 0.2) is 60.8 Å². The number of aromatic carboxylic acids is 1. The van der Waals surface area contributed by atoms with Crippen LogP contribution in [0.5, 0.6) is 11.6 Å². The number of hydrogen-bond acceptors (Lipinski definition) is 8. The number of benzene rings is 2. The van der Waals surface area contributed by atoms with Crippen LogP contribution in [0.2, 0.25) is 0 Å². The van der Waals surface area contributed by atoms with Crippen LogP contribution in [0.1, 0.15) is 39.4 Å². The SMILES string of the molecule is C1COC1.COc1cc(C(=O)O)cc2c1nc(Cc1cc(F)c(-c3cccc(OCc4ccc(C#N)cn4)n3)cc1F)n2C. The summed E-state index contributed by atoms with van der Waals surface area (Å²) in [5.41, 5.74) is 2.13. The summed E-state index contributed by atoms with van der Waals surface area (Å²) in [4.78, 5) is 24.4. The molecule has 44 heavy (non-hydrogen) atoms. The molecule has 0 saturated carbocycles. The lowest BCUT2D eigenvalue weighted by Gasteiger charge is -2.10. The Kier molecular flexibility index (Phi) is 9.06. The van der Waals surface area contributed by atoms with Crippen molar-refractivity contribution in [2.24, 2.45) is 7.05 Å². The topological polar surface area (TPSA) is 132 Å².